The summed E-state index contributed by atoms with van der Waals surface area (Å²) in [6.07, 6.45) is 5.73. The summed E-state index contributed by atoms with van der Waals surface area (Å²) in [6, 6.07) is 0. The maximum absolute atomic E-state index is 11.2. The zero-order valence-corrected chi connectivity index (χ0v) is 10.6. The molecule has 0 unspecified atom stereocenters. The van der Waals surface area contributed by atoms with Gasteiger partial charge in [-0.15, -0.1) is 11.3 Å². The van der Waals surface area contributed by atoms with E-state index in [0.29, 0.717) is 0 Å². The third kappa shape index (κ3) is 2.04. The molecule has 0 aromatic carbocycles. The van der Waals surface area contributed by atoms with E-state index < -0.39 is 0 Å². The lowest BCUT2D eigenvalue weighted by Crippen LogP contribution is -2.27. The molecule has 4 nitrogen and oxygen atoms in total. The first-order valence-corrected chi connectivity index (χ1v) is 7.08. The van der Waals surface area contributed by atoms with Crippen LogP contribution in [0.5, 0.6) is 0 Å². The Hall–Kier alpha value is -1.10. The number of carbonyl (C=O) groups excluding carboxylic acids is 1. The van der Waals surface area contributed by atoms with Crippen LogP contribution in [0.15, 0.2) is 0 Å². The molecule has 2 N–H and O–H groups in total. The topological polar surface area (TPSA) is 59.2 Å². The van der Waals surface area contributed by atoms with E-state index >= 15 is 0 Å². The van der Waals surface area contributed by atoms with Gasteiger partial charge in [-0.05, 0) is 32.1 Å². The fraction of sp³-hybridized carbons (Fsp3) is 0.667. The Bertz CT molecular complexity index is 419. The summed E-state index contributed by atoms with van der Waals surface area (Å²) >= 11 is 1.81. The number of primary amides is 1. The minimum absolute atomic E-state index is 0.0101. The average molecular weight is 251 g/mol. The fourth-order valence-corrected chi connectivity index (χ4v) is 3.82. The molecule has 2 heterocycles. The number of anilines is 1. The number of hydrogen-bond acceptors (Lipinski definition) is 4. The maximum atomic E-state index is 11.2. The molecule has 0 saturated carbocycles. The number of fused-ring (bicyclic) bond motifs is 1. The molecule has 1 amide bonds. The Labute approximate surface area is 105 Å². The van der Waals surface area contributed by atoms with Crippen LogP contribution in [0.4, 0.5) is 5.13 Å². The summed E-state index contributed by atoms with van der Waals surface area (Å²) in [7, 11) is 0. The Kier molecular flexibility index (Phi) is 2.78. The van der Waals surface area contributed by atoms with Crippen LogP contribution in [0.3, 0.4) is 0 Å². The van der Waals surface area contributed by atoms with Gasteiger partial charge in [-0.25, -0.2) is 4.98 Å². The van der Waals surface area contributed by atoms with Crippen molar-refractivity contribution in [3.63, 3.8) is 0 Å². The maximum Gasteiger partial charge on any atom is 0.222 e. The molecule has 92 valence electrons. The van der Waals surface area contributed by atoms with Gasteiger partial charge in [-0.1, -0.05) is 0 Å². The molecule has 5 heteroatoms. The van der Waals surface area contributed by atoms with Crippen LogP contribution in [-0.4, -0.2) is 24.0 Å². The zero-order valence-electron chi connectivity index (χ0n) is 9.82. The molecular formula is C12H17N3OS. The second-order valence-corrected chi connectivity index (χ2v) is 5.97. The highest BCUT2D eigenvalue weighted by Gasteiger charge is 2.29. The third-order valence-corrected chi connectivity index (χ3v) is 4.91. The highest BCUT2D eigenvalue weighted by molar-refractivity contribution is 7.15. The van der Waals surface area contributed by atoms with E-state index in [1.54, 1.807) is 0 Å². The standard InChI is InChI=1S/C12H17N3OS/c13-11(16)8-5-6-15(7-8)12-14-9-3-1-2-4-10(9)17-12/h8H,1-7H2,(H2,13,16)/t8-/m1/s1. The number of hydrogen-bond donors (Lipinski definition) is 1. The lowest BCUT2D eigenvalue weighted by atomic mass is 10.0. The number of rotatable bonds is 2. The molecule has 17 heavy (non-hydrogen) atoms. The summed E-state index contributed by atoms with van der Waals surface area (Å²) in [4.78, 5) is 19.5. The Morgan fingerprint density at radius 3 is 2.94 bits per heavy atom. The zero-order chi connectivity index (χ0) is 11.8. The molecule has 0 bridgehead atoms. The number of nitrogens with two attached hydrogens (primary N) is 1. The number of aromatic nitrogens is 1. The molecule has 1 aromatic rings. The van der Waals surface area contributed by atoms with Gasteiger partial charge in [-0.2, -0.15) is 0 Å². The van der Waals surface area contributed by atoms with E-state index in [1.807, 2.05) is 11.3 Å². The number of aryl methyl sites for hydroxylation is 2. The van der Waals surface area contributed by atoms with Crippen molar-refractivity contribution in [2.45, 2.75) is 32.1 Å². The molecule has 1 saturated heterocycles. The molecular weight excluding hydrogens is 234 g/mol. The van der Waals surface area contributed by atoms with Crippen molar-refractivity contribution < 1.29 is 4.79 Å². The first-order valence-electron chi connectivity index (χ1n) is 6.27. The number of nitrogens with zero attached hydrogens (tertiary/aromatic N) is 2. The highest BCUT2D eigenvalue weighted by Crippen LogP contribution is 2.34. The second kappa shape index (κ2) is 4.29. The van der Waals surface area contributed by atoms with E-state index in [-0.39, 0.29) is 11.8 Å². The van der Waals surface area contributed by atoms with Gasteiger partial charge in [0.2, 0.25) is 5.91 Å². The molecule has 1 atom stereocenters. The van der Waals surface area contributed by atoms with Gasteiger partial charge < -0.3 is 10.6 Å². The van der Waals surface area contributed by atoms with Crippen molar-refractivity contribution in [2.75, 3.05) is 18.0 Å². The van der Waals surface area contributed by atoms with E-state index in [2.05, 4.69) is 4.90 Å². The number of carbonyl (C=O) groups is 1. The smallest absolute Gasteiger partial charge is 0.222 e. The lowest BCUT2D eigenvalue weighted by molar-refractivity contribution is -0.121. The van der Waals surface area contributed by atoms with Crippen molar-refractivity contribution in [1.82, 2.24) is 4.98 Å². The van der Waals surface area contributed by atoms with Gasteiger partial charge in [0, 0.05) is 18.0 Å². The fourth-order valence-electron chi connectivity index (χ4n) is 2.64. The van der Waals surface area contributed by atoms with Crippen molar-refractivity contribution in [3.8, 4) is 0 Å². The number of amides is 1. The van der Waals surface area contributed by atoms with E-state index in [4.69, 9.17) is 10.7 Å². The molecule has 1 fully saturated rings. The summed E-state index contributed by atoms with van der Waals surface area (Å²) in [5.74, 6) is -0.162. The lowest BCUT2D eigenvalue weighted by Gasteiger charge is -2.13. The first kappa shape index (κ1) is 11.0. The summed E-state index contributed by atoms with van der Waals surface area (Å²) in [6.45, 7) is 1.67. The monoisotopic (exact) mass is 251 g/mol. The van der Waals surface area contributed by atoms with Crippen molar-refractivity contribution in [2.24, 2.45) is 11.7 Å². The normalized spacial score (nSPS) is 23.8. The summed E-state index contributed by atoms with van der Waals surface area (Å²) < 4.78 is 0. The molecule has 1 aliphatic carbocycles. The van der Waals surface area contributed by atoms with Gasteiger partial charge in [0.1, 0.15) is 0 Å². The average Bonchev–Trinajstić information content (AvgIpc) is 2.95. The summed E-state index contributed by atoms with van der Waals surface area (Å²) in [5.41, 5.74) is 6.64. The quantitative estimate of drug-likeness (QED) is 0.862. The first-order chi connectivity index (χ1) is 8.24. The van der Waals surface area contributed by atoms with Crippen molar-refractivity contribution in [3.05, 3.63) is 10.6 Å². The van der Waals surface area contributed by atoms with Crippen LogP contribution in [0.1, 0.15) is 29.8 Å². The second-order valence-electron chi connectivity index (χ2n) is 4.91. The predicted molar refractivity (Wildman–Crippen MR) is 68.3 cm³/mol. The van der Waals surface area contributed by atoms with Crippen LogP contribution in [0.25, 0.3) is 0 Å². The van der Waals surface area contributed by atoms with Gasteiger partial charge in [0.05, 0.1) is 11.6 Å². The van der Waals surface area contributed by atoms with Crippen LogP contribution in [0.2, 0.25) is 0 Å². The van der Waals surface area contributed by atoms with Crippen LogP contribution >= 0.6 is 11.3 Å². The highest BCUT2D eigenvalue weighted by atomic mass is 32.1. The minimum atomic E-state index is -0.172. The van der Waals surface area contributed by atoms with Gasteiger partial charge in [0.15, 0.2) is 5.13 Å². The van der Waals surface area contributed by atoms with Crippen LogP contribution in [-0.2, 0) is 17.6 Å². The molecule has 3 rings (SSSR count). The summed E-state index contributed by atoms with van der Waals surface area (Å²) in [5, 5.41) is 1.10. The van der Waals surface area contributed by atoms with Gasteiger partial charge >= 0.3 is 0 Å². The van der Waals surface area contributed by atoms with Gasteiger partial charge in [0.25, 0.3) is 0 Å². The Balaban J connectivity index is 1.77. The number of thiazole rings is 1. The predicted octanol–water partition coefficient (Wildman–Crippen LogP) is 1.33. The van der Waals surface area contributed by atoms with Crippen molar-refractivity contribution in [1.29, 1.82) is 0 Å². The Morgan fingerprint density at radius 1 is 1.41 bits per heavy atom. The van der Waals surface area contributed by atoms with E-state index in [0.717, 1.165) is 31.1 Å². The Morgan fingerprint density at radius 2 is 2.24 bits per heavy atom. The largest absolute Gasteiger partial charge is 0.369 e. The molecule has 1 aliphatic heterocycles. The third-order valence-electron chi connectivity index (χ3n) is 3.70. The van der Waals surface area contributed by atoms with Crippen LogP contribution < -0.4 is 10.6 Å². The SMILES string of the molecule is NC(=O)[C@@H]1CCN(c2nc3c(s2)CCCC3)C1. The molecule has 2 aliphatic rings. The molecule has 0 radical (unpaired) electrons. The van der Waals surface area contributed by atoms with E-state index in [9.17, 15) is 4.79 Å². The van der Waals surface area contributed by atoms with E-state index in [1.165, 1.54) is 29.8 Å². The van der Waals surface area contributed by atoms with Gasteiger partial charge in [-0.3, -0.25) is 4.79 Å². The minimum Gasteiger partial charge on any atom is -0.369 e. The van der Waals surface area contributed by atoms with Crippen molar-refractivity contribution >= 4 is 22.4 Å². The molecule has 1 aromatic heterocycles. The molecule has 0 spiro atoms. The van der Waals surface area contributed by atoms with Crippen LogP contribution in [0, 0.1) is 5.92 Å².